The van der Waals surface area contributed by atoms with Crippen LogP contribution in [0.2, 0.25) is 0 Å². The molecule has 0 spiro atoms. The zero-order valence-electron chi connectivity index (χ0n) is 18.6. The maximum Gasteiger partial charge on any atom is 0.325 e. The fraction of sp³-hybridized carbons (Fsp3) is 0.182. The van der Waals surface area contributed by atoms with Crippen LogP contribution in [0.3, 0.4) is 0 Å². The Bertz CT molecular complexity index is 1430. The minimum atomic E-state index is -4.45. The molecule has 0 saturated carbocycles. The quantitative estimate of drug-likeness (QED) is 0.215. The number of unbranched alkanes of at least 4 members (excludes halogenated alkanes) is 1. The number of nitrogens with one attached hydrogen (secondary N) is 5. The average molecular weight is 502 g/mol. The van der Waals surface area contributed by atoms with Crippen LogP contribution in [0.4, 0.5) is 5.69 Å². The molecule has 3 rings (SSSR count). The van der Waals surface area contributed by atoms with Gasteiger partial charge in [0.25, 0.3) is 27.4 Å². The van der Waals surface area contributed by atoms with Crippen LogP contribution in [-0.4, -0.2) is 36.8 Å². The molecule has 0 bridgehead atoms. The van der Waals surface area contributed by atoms with E-state index >= 15 is 0 Å². The van der Waals surface area contributed by atoms with Crippen LogP contribution in [-0.2, 0) is 10.0 Å². The van der Waals surface area contributed by atoms with Gasteiger partial charge in [-0.05, 0) is 42.8 Å². The highest BCUT2D eigenvalue weighted by Crippen LogP contribution is 2.18. The van der Waals surface area contributed by atoms with E-state index in [1.807, 2.05) is 11.9 Å². The lowest BCUT2D eigenvalue weighted by atomic mass is 10.2. The number of anilines is 1. The number of amides is 2. The first-order valence-corrected chi connectivity index (χ1v) is 12.0. The Morgan fingerprint density at radius 1 is 0.971 bits per heavy atom. The van der Waals surface area contributed by atoms with Crippen LogP contribution in [0.1, 0.15) is 40.5 Å². The average Bonchev–Trinajstić information content (AvgIpc) is 2.82. The van der Waals surface area contributed by atoms with Gasteiger partial charge in [0.05, 0.1) is 17.9 Å². The summed E-state index contributed by atoms with van der Waals surface area (Å²) < 4.78 is 32.9. The molecular weight excluding hydrogens is 478 g/mol. The first kappa shape index (κ1) is 25.2. The van der Waals surface area contributed by atoms with Crippen LogP contribution < -0.4 is 31.6 Å². The van der Waals surface area contributed by atoms with Crippen molar-refractivity contribution in [1.82, 2.24) is 20.8 Å². The van der Waals surface area contributed by atoms with E-state index in [0.717, 1.165) is 19.0 Å². The summed E-state index contributed by atoms with van der Waals surface area (Å²) in [5, 5.41) is 0. The van der Waals surface area contributed by atoms with Crippen LogP contribution in [0.15, 0.2) is 69.2 Å². The van der Waals surface area contributed by atoms with E-state index in [9.17, 15) is 27.6 Å². The standard InChI is InChI=1S/C22H23N5O7S/c1-2-3-12-34-15-10-8-14(9-11-15)19(28)25-26-20(29)16-6-4-5-7-17(16)27-35(32,33)18-13-23-22(31)24-21(18)30/h4-11,13,27H,2-3,12H2,1H3,(H,25,28)(H,26,29)(H2,23,24,30,31). The number of H-pyrrole nitrogens is 2. The zero-order chi connectivity index (χ0) is 25.4. The summed E-state index contributed by atoms with van der Waals surface area (Å²) in [5.74, 6) is -0.801. The predicted molar refractivity (Wildman–Crippen MR) is 127 cm³/mol. The van der Waals surface area contributed by atoms with Crippen molar-refractivity contribution in [2.75, 3.05) is 11.3 Å². The summed E-state index contributed by atoms with van der Waals surface area (Å²) in [7, 11) is -4.45. The Balaban J connectivity index is 1.68. The fourth-order valence-corrected chi connectivity index (χ4v) is 3.94. The zero-order valence-corrected chi connectivity index (χ0v) is 19.4. The van der Waals surface area contributed by atoms with E-state index in [1.54, 1.807) is 12.1 Å². The Kier molecular flexibility index (Phi) is 8.04. The predicted octanol–water partition coefficient (Wildman–Crippen LogP) is 1.12. The van der Waals surface area contributed by atoms with Crippen LogP contribution in [0.25, 0.3) is 0 Å². The number of para-hydroxylation sites is 1. The van der Waals surface area contributed by atoms with E-state index in [2.05, 4.69) is 20.6 Å². The third-order valence-corrected chi connectivity index (χ3v) is 6.03. The van der Waals surface area contributed by atoms with E-state index in [1.165, 1.54) is 36.4 Å². The number of aromatic nitrogens is 2. The van der Waals surface area contributed by atoms with Crippen molar-refractivity contribution >= 4 is 27.5 Å². The van der Waals surface area contributed by atoms with Crippen LogP contribution in [0.5, 0.6) is 5.75 Å². The number of ether oxygens (including phenoxy) is 1. The highest BCUT2D eigenvalue weighted by atomic mass is 32.2. The van der Waals surface area contributed by atoms with Gasteiger partial charge in [0.1, 0.15) is 5.75 Å². The van der Waals surface area contributed by atoms with Gasteiger partial charge in [-0.3, -0.25) is 34.9 Å². The van der Waals surface area contributed by atoms with Crippen molar-refractivity contribution in [3.8, 4) is 5.75 Å². The summed E-state index contributed by atoms with van der Waals surface area (Å²) >= 11 is 0. The fourth-order valence-electron chi connectivity index (χ4n) is 2.86. The topological polar surface area (TPSA) is 179 Å². The molecule has 0 saturated heterocycles. The van der Waals surface area contributed by atoms with Gasteiger partial charge in [-0.2, -0.15) is 0 Å². The second-order valence-electron chi connectivity index (χ2n) is 7.22. The number of carbonyl (C=O) groups is 2. The molecule has 0 aliphatic heterocycles. The number of benzene rings is 2. The van der Waals surface area contributed by atoms with Crippen molar-refractivity contribution in [3.63, 3.8) is 0 Å². The van der Waals surface area contributed by atoms with Crippen molar-refractivity contribution in [2.24, 2.45) is 0 Å². The van der Waals surface area contributed by atoms with Crippen molar-refractivity contribution in [3.05, 3.63) is 86.7 Å². The molecule has 0 aliphatic carbocycles. The molecule has 184 valence electrons. The lowest BCUT2D eigenvalue weighted by Crippen LogP contribution is -2.42. The first-order chi connectivity index (χ1) is 16.7. The number of hydrogen-bond acceptors (Lipinski definition) is 7. The lowest BCUT2D eigenvalue weighted by Gasteiger charge is -2.13. The summed E-state index contributed by atoms with van der Waals surface area (Å²) in [6, 6.07) is 11.9. The highest BCUT2D eigenvalue weighted by Gasteiger charge is 2.22. The first-order valence-electron chi connectivity index (χ1n) is 10.5. The maximum absolute atomic E-state index is 12.6. The summed E-state index contributed by atoms with van der Waals surface area (Å²) in [6.45, 7) is 2.61. The molecule has 35 heavy (non-hydrogen) atoms. The number of hydrogen-bond donors (Lipinski definition) is 5. The van der Waals surface area contributed by atoms with E-state index in [0.29, 0.717) is 12.4 Å². The Morgan fingerprint density at radius 3 is 2.34 bits per heavy atom. The molecule has 1 heterocycles. The summed E-state index contributed by atoms with van der Waals surface area (Å²) in [6.07, 6.45) is 2.65. The molecule has 2 aromatic carbocycles. The van der Waals surface area contributed by atoms with Gasteiger partial charge in [-0.1, -0.05) is 25.5 Å². The monoisotopic (exact) mass is 501 g/mol. The molecule has 3 aromatic rings. The molecule has 0 aliphatic rings. The van der Waals surface area contributed by atoms with Crippen molar-refractivity contribution in [2.45, 2.75) is 24.7 Å². The molecule has 12 nitrogen and oxygen atoms in total. The molecule has 0 fully saturated rings. The van der Waals surface area contributed by atoms with Gasteiger partial charge in [-0.15, -0.1) is 0 Å². The summed E-state index contributed by atoms with van der Waals surface area (Å²) in [5.41, 5.74) is 2.45. The van der Waals surface area contributed by atoms with E-state index < -0.39 is 38.0 Å². The Labute approximate surface area is 199 Å². The van der Waals surface area contributed by atoms with Gasteiger partial charge in [-0.25, -0.2) is 13.2 Å². The van der Waals surface area contributed by atoms with Crippen LogP contribution in [0, 0.1) is 0 Å². The molecule has 0 atom stereocenters. The van der Waals surface area contributed by atoms with E-state index in [-0.39, 0.29) is 16.8 Å². The second kappa shape index (κ2) is 11.2. The minimum Gasteiger partial charge on any atom is -0.494 e. The molecule has 0 unspecified atom stereocenters. The lowest BCUT2D eigenvalue weighted by molar-refractivity contribution is 0.0847. The molecule has 0 radical (unpaired) electrons. The number of carbonyl (C=O) groups excluding carboxylic acids is 2. The molecular formula is C22H23N5O7S. The molecule has 2 amide bonds. The Hall–Kier alpha value is -4.39. The normalized spacial score (nSPS) is 10.9. The maximum atomic E-state index is 12.6. The number of sulfonamides is 1. The third-order valence-electron chi connectivity index (χ3n) is 4.66. The van der Waals surface area contributed by atoms with Gasteiger partial charge in [0.15, 0.2) is 4.90 Å². The van der Waals surface area contributed by atoms with Crippen LogP contribution >= 0.6 is 0 Å². The number of aromatic amines is 2. The van der Waals surface area contributed by atoms with Crippen molar-refractivity contribution < 1.29 is 22.7 Å². The van der Waals surface area contributed by atoms with Gasteiger partial charge in [0, 0.05) is 11.8 Å². The van der Waals surface area contributed by atoms with Gasteiger partial charge in [0.2, 0.25) is 0 Å². The van der Waals surface area contributed by atoms with Gasteiger partial charge < -0.3 is 9.72 Å². The molecule has 1 aromatic heterocycles. The Morgan fingerprint density at radius 2 is 1.66 bits per heavy atom. The minimum absolute atomic E-state index is 0.128. The van der Waals surface area contributed by atoms with E-state index in [4.69, 9.17) is 4.74 Å². The second-order valence-corrected chi connectivity index (χ2v) is 8.87. The largest absolute Gasteiger partial charge is 0.494 e. The SMILES string of the molecule is CCCCOc1ccc(C(=O)NNC(=O)c2ccccc2NS(=O)(=O)c2c[nH]c(=O)[nH]c2=O)cc1. The van der Waals surface area contributed by atoms with Crippen molar-refractivity contribution in [1.29, 1.82) is 0 Å². The van der Waals surface area contributed by atoms with Gasteiger partial charge >= 0.3 is 5.69 Å². The highest BCUT2D eigenvalue weighted by molar-refractivity contribution is 7.92. The third kappa shape index (κ3) is 6.57. The number of rotatable bonds is 9. The number of hydrazine groups is 1. The smallest absolute Gasteiger partial charge is 0.325 e. The summed E-state index contributed by atoms with van der Waals surface area (Å²) in [4.78, 5) is 51.2. The molecule has 13 heteroatoms. The molecule has 5 N–H and O–H groups in total.